The van der Waals surface area contributed by atoms with Crippen LogP contribution in [0, 0.1) is 0 Å². The van der Waals surface area contributed by atoms with Gasteiger partial charge in [-0.05, 0) is 6.08 Å². The quantitative estimate of drug-likeness (QED) is 0.464. The van der Waals surface area contributed by atoms with Crippen molar-refractivity contribution in [2.75, 3.05) is 0 Å². The van der Waals surface area contributed by atoms with Gasteiger partial charge in [-0.3, -0.25) is 0 Å². The Morgan fingerprint density at radius 1 is 1.62 bits per heavy atom. The molecule has 0 saturated carbocycles. The highest BCUT2D eigenvalue weighted by atomic mass is 35.5. The van der Waals surface area contributed by atoms with Crippen molar-refractivity contribution in [3.05, 3.63) is 23.3 Å². The van der Waals surface area contributed by atoms with E-state index in [0.29, 0.717) is 0 Å². The predicted molar refractivity (Wildman–Crippen MR) is 37.3 cm³/mol. The Hall–Kier alpha value is 0.0600. The molecule has 0 fully saturated rings. The molecule has 0 N–H and O–H groups in total. The molecule has 0 nitrogen and oxygen atoms in total. The molecule has 1 atom stereocenters. The Balaban J connectivity index is 2.59. The van der Waals surface area contributed by atoms with E-state index in [1.807, 2.05) is 18.2 Å². The van der Waals surface area contributed by atoms with E-state index in [9.17, 15) is 0 Å². The molecular weight excluding hydrogens is 143 g/mol. The van der Waals surface area contributed by atoms with E-state index in [-0.39, 0.29) is 5.38 Å². The zero-order chi connectivity index (χ0) is 5.98. The summed E-state index contributed by atoms with van der Waals surface area (Å²) in [5, 5.41) is 0.944. The predicted octanol–water partition coefficient (Wildman–Crippen LogP) is 2.68. The third-order valence-corrected chi connectivity index (χ3v) is 1.57. The largest absolute Gasteiger partial charge is 0.118 e. The van der Waals surface area contributed by atoms with E-state index in [1.165, 1.54) is 0 Å². The van der Waals surface area contributed by atoms with Crippen LogP contribution in [0.2, 0.25) is 0 Å². The van der Waals surface area contributed by atoms with Crippen LogP contribution in [-0.2, 0) is 0 Å². The molecule has 0 saturated heterocycles. The zero-order valence-corrected chi connectivity index (χ0v) is 5.78. The Morgan fingerprint density at radius 3 is 2.75 bits per heavy atom. The second-order valence-electron chi connectivity index (χ2n) is 1.72. The SMILES string of the molecule is ClC1=CC=C[C@H](Cl)C1. The van der Waals surface area contributed by atoms with Crippen molar-refractivity contribution in [2.45, 2.75) is 11.8 Å². The van der Waals surface area contributed by atoms with Crippen LogP contribution in [0.5, 0.6) is 0 Å². The summed E-state index contributed by atoms with van der Waals surface area (Å²) in [6, 6.07) is 0. The first-order valence-corrected chi connectivity index (χ1v) is 3.27. The Morgan fingerprint density at radius 2 is 2.38 bits per heavy atom. The van der Waals surface area contributed by atoms with Crippen LogP contribution in [-0.4, -0.2) is 5.38 Å². The number of halogens is 2. The Labute approximate surface area is 58.8 Å². The molecule has 2 heteroatoms. The minimum absolute atomic E-state index is 0.104. The highest BCUT2D eigenvalue weighted by molar-refractivity contribution is 6.31. The third kappa shape index (κ3) is 1.53. The van der Waals surface area contributed by atoms with Crippen LogP contribution in [0.4, 0.5) is 0 Å². The standard InChI is InChI=1S/C6H6Cl2/c7-5-2-1-3-6(8)4-5/h1-3,5H,4H2/t5-/m0/s1. The Bertz CT molecular complexity index is 135. The molecule has 0 unspecified atom stereocenters. The van der Waals surface area contributed by atoms with Crippen molar-refractivity contribution in [1.82, 2.24) is 0 Å². The first kappa shape index (κ1) is 6.18. The lowest BCUT2D eigenvalue weighted by Crippen LogP contribution is -1.95. The van der Waals surface area contributed by atoms with Crippen LogP contribution in [0.15, 0.2) is 23.3 Å². The van der Waals surface area contributed by atoms with E-state index in [0.717, 1.165) is 11.5 Å². The van der Waals surface area contributed by atoms with Crippen LogP contribution >= 0.6 is 23.2 Å². The van der Waals surface area contributed by atoms with E-state index in [4.69, 9.17) is 23.2 Å². The maximum atomic E-state index is 5.70. The molecule has 0 aromatic heterocycles. The number of allylic oxidation sites excluding steroid dienone is 4. The van der Waals surface area contributed by atoms with Crippen LogP contribution in [0.25, 0.3) is 0 Å². The van der Waals surface area contributed by atoms with Crippen molar-refractivity contribution >= 4 is 23.2 Å². The molecule has 0 bridgehead atoms. The summed E-state index contributed by atoms with van der Waals surface area (Å²) in [6.45, 7) is 0. The van der Waals surface area contributed by atoms with Crippen molar-refractivity contribution in [1.29, 1.82) is 0 Å². The molecule has 0 aromatic rings. The van der Waals surface area contributed by atoms with Gasteiger partial charge in [0.25, 0.3) is 0 Å². The van der Waals surface area contributed by atoms with Crippen molar-refractivity contribution in [3.63, 3.8) is 0 Å². The van der Waals surface area contributed by atoms with Gasteiger partial charge in [0.1, 0.15) is 0 Å². The lowest BCUT2D eigenvalue weighted by molar-refractivity contribution is 1.02. The second-order valence-corrected chi connectivity index (χ2v) is 2.76. The van der Waals surface area contributed by atoms with Crippen LogP contribution < -0.4 is 0 Å². The van der Waals surface area contributed by atoms with Gasteiger partial charge >= 0.3 is 0 Å². The number of hydrogen-bond donors (Lipinski definition) is 0. The van der Waals surface area contributed by atoms with Crippen LogP contribution in [0.3, 0.4) is 0 Å². The van der Waals surface area contributed by atoms with Crippen LogP contribution in [0.1, 0.15) is 6.42 Å². The molecule has 0 spiro atoms. The van der Waals surface area contributed by atoms with Crippen molar-refractivity contribution in [2.24, 2.45) is 0 Å². The molecule has 44 valence electrons. The van der Waals surface area contributed by atoms with E-state index < -0.39 is 0 Å². The fourth-order valence-electron chi connectivity index (χ4n) is 0.603. The van der Waals surface area contributed by atoms with E-state index in [2.05, 4.69) is 0 Å². The third-order valence-electron chi connectivity index (χ3n) is 0.987. The summed E-state index contributed by atoms with van der Waals surface area (Å²) < 4.78 is 0. The molecule has 1 rings (SSSR count). The molecule has 0 heterocycles. The topological polar surface area (TPSA) is 0 Å². The monoisotopic (exact) mass is 148 g/mol. The molecule has 0 radical (unpaired) electrons. The molecule has 0 aromatic carbocycles. The molecule has 1 aliphatic rings. The number of alkyl halides is 1. The summed E-state index contributed by atoms with van der Waals surface area (Å²) in [7, 11) is 0. The first-order chi connectivity index (χ1) is 3.79. The molecule has 0 aliphatic heterocycles. The van der Waals surface area contributed by atoms with Gasteiger partial charge in [-0.2, -0.15) is 0 Å². The lowest BCUT2D eigenvalue weighted by Gasteiger charge is -2.05. The maximum absolute atomic E-state index is 5.70. The van der Waals surface area contributed by atoms with Gasteiger partial charge in [-0.15, -0.1) is 11.6 Å². The molecule has 0 amide bonds. The Kier molecular flexibility index (Phi) is 1.98. The first-order valence-electron chi connectivity index (χ1n) is 2.46. The van der Waals surface area contributed by atoms with Gasteiger partial charge in [0, 0.05) is 11.5 Å². The molecule has 8 heavy (non-hydrogen) atoms. The lowest BCUT2D eigenvalue weighted by atomic mass is 10.2. The van der Waals surface area contributed by atoms with E-state index >= 15 is 0 Å². The summed E-state index contributed by atoms with van der Waals surface area (Å²) in [5.74, 6) is 0. The highest BCUT2D eigenvalue weighted by Crippen LogP contribution is 2.19. The van der Waals surface area contributed by atoms with Gasteiger partial charge in [0.05, 0.1) is 5.38 Å². The summed E-state index contributed by atoms with van der Waals surface area (Å²) >= 11 is 11.3. The fourth-order valence-corrected chi connectivity index (χ4v) is 1.17. The second kappa shape index (κ2) is 2.56. The average Bonchev–Trinajstić information content (AvgIpc) is 1.64. The smallest absolute Gasteiger partial charge is 0.0568 e. The van der Waals surface area contributed by atoms with Crippen molar-refractivity contribution in [3.8, 4) is 0 Å². The summed E-state index contributed by atoms with van der Waals surface area (Å²) in [6.07, 6.45) is 6.44. The fraction of sp³-hybridized carbons (Fsp3) is 0.333. The average molecular weight is 149 g/mol. The number of rotatable bonds is 0. The summed E-state index contributed by atoms with van der Waals surface area (Å²) in [5.41, 5.74) is 0. The summed E-state index contributed by atoms with van der Waals surface area (Å²) in [4.78, 5) is 0. The normalized spacial score (nSPS) is 27.8. The van der Waals surface area contributed by atoms with Gasteiger partial charge in [0.2, 0.25) is 0 Å². The number of hydrogen-bond acceptors (Lipinski definition) is 0. The van der Waals surface area contributed by atoms with Gasteiger partial charge in [-0.25, -0.2) is 0 Å². The minimum Gasteiger partial charge on any atom is -0.118 e. The molecule has 1 aliphatic carbocycles. The van der Waals surface area contributed by atoms with Crippen molar-refractivity contribution < 1.29 is 0 Å². The molecular formula is C6H6Cl2. The van der Waals surface area contributed by atoms with Gasteiger partial charge in [0.15, 0.2) is 0 Å². The van der Waals surface area contributed by atoms with Gasteiger partial charge < -0.3 is 0 Å². The van der Waals surface area contributed by atoms with Gasteiger partial charge in [-0.1, -0.05) is 23.8 Å². The highest BCUT2D eigenvalue weighted by Gasteiger charge is 2.04. The maximum Gasteiger partial charge on any atom is 0.0568 e. The van der Waals surface area contributed by atoms with E-state index in [1.54, 1.807) is 0 Å². The zero-order valence-electron chi connectivity index (χ0n) is 4.27. The minimum atomic E-state index is 0.104.